The zero-order chi connectivity index (χ0) is 16.2. The van der Waals surface area contributed by atoms with Crippen molar-refractivity contribution in [2.45, 2.75) is 6.42 Å². The Labute approximate surface area is 141 Å². The normalized spacial score (nSPS) is 10.7. The first-order valence-corrected chi connectivity index (χ1v) is 8.13. The van der Waals surface area contributed by atoms with Crippen LogP contribution in [0.3, 0.4) is 0 Å². The summed E-state index contributed by atoms with van der Waals surface area (Å²) in [7, 11) is 0. The van der Waals surface area contributed by atoms with E-state index in [0.29, 0.717) is 0 Å². The summed E-state index contributed by atoms with van der Waals surface area (Å²) in [6.07, 6.45) is 4.57. The monoisotopic (exact) mass is 310 g/mol. The minimum Gasteiger partial charge on any atom is -0.345 e. The van der Waals surface area contributed by atoms with Crippen LogP contribution in [-0.2, 0) is 6.42 Å². The van der Waals surface area contributed by atoms with Crippen LogP contribution < -0.4 is 0 Å². The van der Waals surface area contributed by atoms with Crippen LogP contribution in [0.2, 0.25) is 0 Å². The average molecular weight is 310 g/mol. The SMILES string of the molecule is c1ccc(Cc2cccc(-c3ccccc3)c2-c2ncc[nH]2)cc1. The van der Waals surface area contributed by atoms with Crippen LogP contribution in [0.4, 0.5) is 0 Å². The molecule has 0 bridgehead atoms. The first-order chi connectivity index (χ1) is 11.9. The molecule has 0 unspecified atom stereocenters. The highest BCUT2D eigenvalue weighted by Gasteiger charge is 2.14. The van der Waals surface area contributed by atoms with Crippen molar-refractivity contribution in [3.8, 4) is 22.5 Å². The lowest BCUT2D eigenvalue weighted by Crippen LogP contribution is -1.96. The number of hydrogen-bond donors (Lipinski definition) is 1. The van der Waals surface area contributed by atoms with Crippen molar-refractivity contribution in [2.24, 2.45) is 0 Å². The number of aromatic amines is 1. The van der Waals surface area contributed by atoms with E-state index in [1.165, 1.54) is 27.8 Å². The predicted molar refractivity (Wildman–Crippen MR) is 98.7 cm³/mol. The Morgan fingerprint density at radius 1 is 0.750 bits per heavy atom. The Morgan fingerprint density at radius 3 is 2.21 bits per heavy atom. The van der Waals surface area contributed by atoms with Gasteiger partial charge in [-0.05, 0) is 28.7 Å². The van der Waals surface area contributed by atoms with Gasteiger partial charge in [0.1, 0.15) is 5.82 Å². The summed E-state index contributed by atoms with van der Waals surface area (Å²) in [6.45, 7) is 0. The lowest BCUT2D eigenvalue weighted by atomic mass is 9.91. The molecule has 0 saturated carbocycles. The second-order valence-corrected chi connectivity index (χ2v) is 5.81. The fraction of sp³-hybridized carbons (Fsp3) is 0.0455. The number of rotatable bonds is 4. The molecule has 2 heteroatoms. The van der Waals surface area contributed by atoms with E-state index in [9.17, 15) is 0 Å². The first kappa shape index (κ1) is 14.5. The van der Waals surface area contributed by atoms with Gasteiger partial charge in [0.15, 0.2) is 0 Å². The van der Waals surface area contributed by atoms with E-state index >= 15 is 0 Å². The van der Waals surface area contributed by atoms with Crippen molar-refractivity contribution >= 4 is 0 Å². The van der Waals surface area contributed by atoms with Crippen LogP contribution in [0.25, 0.3) is 22.5 Å². The molecule has 4 rings (SSSR count). The van der Waals surface area contributed by atoms with Gasteiger partial charge in [0.25, 0.3) is 0 Å². The largest absolute Gasteiger partial charge is 0.345 e. The molecular formula is C22H18N2. The Hall–Kier alpha value is -3.13. The summed E-state index contributed by atoms with van der Waals surface area (Å²) >= 11 is 0. The van der Waals surface area contributed by atoms with Crippen LogP contribution in [-0.4, -0.2) is 9.97 Å². The van der Waals surface area contributed by atoms with E-state index in [2.05, 4.69) is 82.8 Å². The Morgan fingerprint density at radius 2 is 1.50 bits per heavy atom. The molecule has 0 saturated heterocycles. The van der Waals surface area contributed by atoms with Gasteiger partial charge in [-0.1, -0.05) is 78.9 Å². The molecule has 1 heterocycles. The number of imidazole rings is 1. The number of aromatic nitrogens is 2. The predicted octanol–water partition coefficient (Wildman–Crippen LogP) is 5.33. The summed E-state index contributed by atoms with van der Waals surface area (Å²) in [4.78, 5) is 7.80. The molecule has 1 N–H and O–H groups in total. The van der Waals surface area contributed by atoms with Gasteiger partial charge in [0.05, 0.1) is 0 Å². The highest BCUT2D eigenvalue weighted by molar-refractivity contribution is 5.83. The molecule has 1 aromatic heterocycles. The molecule has 0 atom stereocenters. The van der Waals surface area contributed by atoms with E-state index in [1.54, 1.807) is 0 Å². The minimum atomic E-state index is 0.886. The standard InChI is InChI=1S/C22H18N2/c1-3-8-17(9-4-1)16-19-12-7-13-20(18-10-5-2-6-11-18)21(19)22-23-14-15-24-22/h1-15H,16H2,(H,23,24). The Balaban J connectivity index is 1.88. The second-order valence-electron chi connectivity index (χ2n) is 5.81. The van der Waals surface area contributed by atoms with Gasteiger partial charge in [0.2, 0.25) is 0 Å². The molecule has 0 aliphatic carbocycles. The fourth-order valence-corrected chi connectivity index (χ4v) is 3.10. The van der Waals surface area contributed by atoms with Gasteiger partial charge in [-0.25, -0.2) is 4.98 Å². The average Bonchev–Trinajstić information content (AvgIpc) is 3.17. The zero-order valence-electron chi connectivity index (χ0n) is 13.3. The molecule has 0 aliphatic heterocycles. The topological polar surface area (TPSA) is 28.7 Å². The summed E-state index contributed by atoms with van der Waals surface area (Å²) < 4.78 is 0. The summed E-state index contributed by atoms with van der Waals surface area (Å²) in [5.74, 6) is 0.917. The van der Waals surface area contributed by atoms with E-state index in [4.69, 9.17) is 0 Å². The molecule has 0 aliphatic rings. The first-order valence-electron chi connectivity index (χ1n) is 8.13. The van der Waals surface area contributed by atoms with Gasteiger partial charge in [-0.3, -0.25) is 0 Å². The number of H-pyrrole nitrogens is 1. The van der Waals surface area contributed by atoms with Crippen LogP contribution in [0.5, 0.6) is 0 Å². The van der Waals surface area contributed by atoms with Crippen LogP contribution in [0, 0.1) is 0 Å². The maximum absolute atomic E-state index is 4.52. The summed E-state index contributed by atoms with van der Waals surface area (Å²) in [5.41, 5.74) is 6.17. The molecule has 0 amide bonds. The van der Waals surface area contributed by atoms with Crippen molar-refractivity contribution < 1.29 is 0 Å². The van der Waals surface area contributed by atoms with Crippen LogP contribution in [0.15, 0.2) is 91.3 Å². The van der Waals surface area contributed by atoms with Gasteiger partial charge in [0, 0.05) is 18.0 Å². The molecule has 2 nitrogen and oxygen atoms in total. The maximum atomic E-state index is 4.52. The van der Waals surface area contributed by atoms with Crippen molar-refractivity contribution in [3.63, 3.8) is 0 Å². The van der Waals surface area contributed by atoms with Crippen LogP contribution >= 0.6 is 0 Å². The van der Waals surface area contributed by atoms with Gasteiger partial charge in [-0.2, -0.15) is 0 Å². The third-order valence-corrected chi connectivity index (χ3v) is 4.21. The number of hydrogen-bond acceptors (Lipinski definition) is 1. The molecule has 0 radical (unpaired) electrons. The Kier molecular flexibility index (Phi) is 3.95. The quantitative estimate of drug-likeness (QED) is 0.542. The van der Waals surface area contributed by atoms with Crippen molar-refractivity contribution in [3.05, 3.63) is 102 Å². The van der Waals surface area contributed by atoms with Gasteiger partial charge >= 0.3 is 0 Å². The highest BCUT2D eigenvalue weighted by Crippen LogP contribution is 2.34. The van der Waals surface area contributed by atoms with E-state index in [1.807, 2.05) is 18.5 Å². The third kappa shape index (κ3) is 2.86. The van der Waals surface area contributed by atoms with Crippen LogP contribution in [0.1, 0.15) is 11.1 Å². The number of nitrogens with one attached hydrogen (secondary N) is 1. The van der Waals surface area contributed by atoms with E-state index in [-0.39, 0.29) is 0 Å². The number of nitrogens with zero attached hydrogens (tertiary/aromatic N) is 1. The van der Waals surface area contributed by atoms with Crippen molar-refractivity contribution in [1.82, 2.24) is 9.97 Å². The molecule has 3 aromatic carbocycles. The molecule has 116 valence electrons. The molecule has 24 heavy (non-hydrogen) atoms. The molecule has 0 fully saturated rings. The number of benzene rings is 3. The molecular weight excluding hydrogens is 292 g/mol. The molecule has 0 spiro atoms. The van der Waals surface area contributed by atoms with Gasteiger partial charge in [-0.15, -0.1) is 0 Å². The third-order valence-electron chi connectivity index (χ3n) is 4.21. The smallest absolute Gasteiger partial charge is 0.138 e. The lowest BCUT2D eigenvalue weighted by molar-refractivity contribution is 1.18. The highest BCUT2D eigenvalue weighted by atomic mass is 14.9. The lowest BCUT2D eigenvalue weighted by Gasteiger charge is -2.14. The van der Waals surface area contributed by atoms with Crippen molar-refractivity contribution in [1.29, 1.82) is 0 Å². The zero-order valence-corrected chi connectivity index (χ0v) is 13.3. The summed E-state index contributed by atoms with van der Waals surface area (Å²) in [6, 6.07) is 27.5. The Bertz CT molecular complexity index is 911. The van der Waals surface area contributed by atoms with E-state index < -0.39 is 0 Å². The summed E-state index contributed by atoms with van der Waals surface area (Å²) in [5, 5.41) is 0. The molecule has 4 aromatic rings. The second kappa shape index (κ2) is 6.55. The van der Waals surface area contributed by atoms with Gasteiger partial charge < -0.3 is 4.98 Å². The fourth-order valence-electron chi connectivity index (χ4n) is 3.10. The maximum Gasteiger partial charge on any atom is 0.138 e. The van der Waals surface area contributed by atoms with E-state index in [0.717, 1.165) is 12.2 Å². The van der Waals surface area contributed by atoms with Crippen molar-refractivity contribution in [2.75, 3.05) is 0 Å². The minimum absolute atomic E-state index is 0.886.